The van der Waals surface area contributed by atoms with Crippen LogP contribution in [-0.4, -0.2) is 51.2 Å². The lowest BCUT2D eigenvalue weighted by molar-refractivity contribution is -0.133. The van der Waals surface area contributed by atoms with Gasteiger partial charge in [0.15, 0.2) is 5.82 Å². The van der Waals surface area contributed by atoms with Crippen LogP contribution in [0.1, 0.15) is 35.6 Å². The van der Waals surface area contributed by atoms with E-state index in [1.807, 2.05) is 30.3 Å². The molecule has 1 atom stereocenters. The predicted molar refractivity (Wildman–Crippen MR) is 97.6 cm³/mol. The van der Waals surface area contributed by atoms with E-state index in [9.17, 15) is 9.59 Å². The minimum absolute atomic E-state index is 0.0429. The van der Waals surface area contributed by atoms with Gasteiger partial charge in [-0.15, -0.1) is 10.2 Å². The van der Waals surface area contributed by atoms with E-state index in [1.165, 1.54) is 0 Å². The molecule has 3 heterocycles. The fourth-order valence-corrected chi connectivity index (χ4v) is 3.58. The van der Waals surface area contributed by atoms with Crippen LogP contribution in [0.2, 0.25) is 0 Å². The number of rotatable bonds is 5. The third-order valence-electron chi connectivity index (χ3n) is 5.18. The zero-order valence-electron chi connectivity index (χ0n) is 15.0. The third-order valence-corrected chi connectivity index (χ3v) is 5.18. The molecule has 9 nitrogen and oxygen atoms in total. The van der Waals surface area contributed by atoms with E-state index in [4.69, 9.17) is 5.73 Å². The number of urea groups is 1. The van der Waals surface area contributed by atoms with Gasteiger partial charge in [0.2, 0.25) is 5.91 Å². The summed E-state index contributed by atoms with van der Waals surface area (Å²) in [6.45, 7) is 3.59. The highest BCUT2D eigenvalue weighted by Crippen LogP contribution is 2.23. The highest BCUT2D eigenvalue weighted by Gasteiger charge is 2.31. The van der Waals surface area contributed by atoms with Gasteiger partial charge in [-0.2, -0.15) is 0 Å². The summed E-state index contributed by atoms with van der Waals surface area (Å²) in [4.78, 5) is 26.0. The van der Waals surface area contributed by atoms with Gasteiger partial charge in [0.1, 0.15) is 5.82 Å². The molecule has 2 aromatic rings. The average Bonchev–Trinajstić information content (AvgIpc) is 3.03. The first-order valence-electron chi connectivity index (χ1n) is 9.13. The summed E-state index contributed by atoms with van der Waals surface area (Å²) in [6, 6.07) is 8.28. The van der Waals surface area contributed by atoms with Crippen LogP contribution >= 0.6 is 0 Å². The highest BCUT2D eigenvalue weighted by molar-refractivity contribution is 5.79. The fourth-order valence-electron chi connectivity index (χ4n) is 3.58. The fraction of sp³-hybridized carbons (Fsp3) is 0.444. The summed E-state index contributed by atoms with van der Waals surface area (Å²) in [5.74, 6) is 2.19. The minimum Gasteiger partial charge on any atom is -0.352 e. The van der Waals surface area contributed by atoms with Crippen molar-refractivity contribution in [2.75, 3.05) is 19.6 Å². The number of nitrogens with zero attached hydrogens (tertiary/aromatic N) is 4. The lowest BCUT2D eigenvalue weighted by Crippen LogP contribution is -2.44. The summed E-state index contributed by atoms with van der Waals surface area (Å²) >= 11 is 0. The molecule has 0 saturated carbocycles. The molecule has 1 unspecified atom stereocenters. The lowest BCUT2D eigenvalue weighted by atomic mass is 10.0. The molecule has 1 saturated heterocycles. The van der Waals surface area contributed by atoms with E-state index in [1.54, 1.807) is 4.90 Å². The zero-order chi connectivity index (χ0) is 18.8. The Bertz CT molecular complexity index is 831. The quantitative estimate of drug-likeness (QED) is 0.691. The molecular weight excluding hydrogens is 346 g/mol. The molecule has 0 aliphatic carbocycles. The van der Waals surface area contributed by atoms with Crippen molar-refractivity contribution in [2.24, 2.45) is 5.73 Å². The Labute approximate surface area is 156 Å². The monoisotopic (exact) mass is 369 g/mol. The van der Waals surface area contributed by atoms with Gasteiger partial charge in [-0.3, -0.25) is 4.79 Å². The second-order valence-electron chi connectivity index (χ2n) is 6.97. The number of fused-ring (bicyclic) bond motifs is 1. The number of benzene rings is 1. The van der Waals surface area contributed by atoms with Crippen molar-refractivity contribution >= 4 is 11.9 Å². The van der Waals surface area contributed by atoms with E-state index >= 15 is 0 Å². The number of amides is 3. The largest absolute Gasteiger partial charge is 0.352 e. The van der Waals surface area contributed by atoms with Crippen LogP contribution in [0.3, 0.4) is 0 Å². The standard InChI is InChI=1S/C18H23N7O2/c19-18(27)21-14(12-4-2-1-3-5-12)8-16(26)24-6-7-25-15(11-24)22-23-17(25)13-9-20-10-13/h1-5,13-14,20H,6-11H2,(H3,19,21,27). The topological polar surface area (TPSA) is 118 Å². The molecule has 0 bridgehead atoms. The molecule has 1 fully saturated rings. The minimum atomic E-state index is -0.645. The number of nitrogens with one attached hydrogen (secondary N) is 2. The molecule has 0 spiro atoms. The van der Waals surface area contributed by atoms with Crippen molar-refractivity contribution in [1.29, 1.82) is 0 Å². The normalized spacial score (nSPS) is 17.7. The molecule has 9 heteroatoms. The van der Waals surface area contributed by atoms with Gasteiger partial charge < -0.3 is 25.8 Å². The lowest BCUT2D eigenvalue weighted by Gasteiger charge is -2.32. The molecule has 3 amide bonds. The Morgan fingerprint density at radius 1 is 1.22 bits per heavy atom. The van der Waals surface area contributed by atoms with E-state index in [2.05, 4.69) is 25.4 Å². The second-order valence-corrected chi connectivity index (χ2v) is 6.97. The highest BCUT2D eigenvalue weighted by atomic mass is 16.2. The SMILES string of the molecule is NC(=O)NC(CC(=O)N1CCn2c(nnc2C2CNC2)C1)c1ccccc1. The van der Waals surface area contributed by atoms with Gasteiger partial charge in [-0.25, -0.2) is 4.79 Å². The maximum Gasteiger partial charge on any atom is 0.312 e. The van der Waals surface area contributed by atoms with E-state index < -0.39 is 12.1 Å². The van der Waals surface area contributed by atoms with Crippen molar-refractivity contribution in [2.45, 2.75) is 31.5 Å². The van der Waals surface area contributed by atoms with E-state index in [0.717, 1.165) is 30.3 Å². The molecule has 1 aromatic heterocycles. The van der Waals surface area contributed by atoms with Gasteiger partial charge in [0.05, 0.1) is 19.0 Å². The second kappa shape index (κ2) is 7.36. The summed E-state index contributed by atoms with van der Waals surface area (Å²) in [5, 5.41) is 14.5. The Morgan fingerprint density at radius 2 is 2.00 bits per heavy atom. The van der Waals surface area contributed by atoms with Crippen LogP contribution in [0.15, 0.2) is 30.3 Å². The van der Waals surface area contributed by atoms with Gasteiger partial charge >= 0.3 is 6.03 Å². The van der Waals surface area contributed by atoms with E-state index in [-0.39, 0.29) is 12.3 Å². The zero-order valence-corrected chi connectivity index (χ0v) is 15.0. The molecule has 1 aromatic carbocycles. The molecule has 4 rings (SSSR count). The summed E-state index contributed by atoms with van der Waals surface area (Å²) < 4.78 is 2.13. The maximum absolute atomic E-state index is 12.8. The summed E-state index contributed by atoms with van der Waals surface area (Å²) in [7, 11) is 0. The van der Waals surface area contributed by atoms with Crippen LogP contribution in [0.4, 0.5) is 4.79 Å². The van der Waals surface area contributed by atoms with Crippen molar-refractivity contribution in [3.63, 3.8) is 0 Å². The average molecular weight is 369 g/mol. The van der Waals surface area contributed by atoms with Crippen molar-refractivity contribution in [3.05, 3.63) is 47.5 Å². The number of hydrogen-bond acceptors (Lipinski definition) is 5. The Balaban J connectivity index is 1.44. The number of primary amides is 1. The molecule has 2 aliphatic heterocycles. The van der Waals surface area contributed by atoms with E-state index in [0.29, 0.717) is 25.6 Å². The molecular formula is C18H23N7O2. The Morgan fingerprint density at radius 3 is 2.67 bits per heavy atom. The van der Waals surface area contributed by atoms with Crippen LogP contribution < -0.4 is 16.4 Å². The number of aromatic nitrogens is 3. The number of carbonyl (C=O) groups excluding carboxylic acids is 2. The number of hydrogen-bond donors (Lipinski definition) is 3. The molecule has 0 radical (unpaired) electrons. The van der Waals surface area contributed by atoms with Crippen LogP contribution in [-0.2, 0) is 17.9 Å². The molecule has 142 valence electrons. The van der Waals surface area contributed by atoms with Crippen LogP contribution in [0.25, 0.3) is 0 Å². The van der Waals surface area contributed by atoms with Gasteiger partial charge in [-0.05, 0) is 5.56 Å². The maximum atomic E-state index is 12.8. The van der Waals surface area contributed by atoms with Crippen molar-refractivity contribution < 1.29 is 9.59 Å². The third kappa shape index (κ3) is 3.63. The molecule has 2 aliphatic rings. The van der Waals surface area contributed by atoms with Gasteiger partial charge in [0, 0.05) is 32.1 Å². The summed E-state index contributed by atoms with van der Waals surface area (Å²) in [6.07, 6.45) is 0.153. The van der Waals surface area contributed by atoms with Crippen LogP contribution in [0.5, 0.6) is 0 Å². The van der Waals surface area contributed by atoms with Gasteiger partial charge in [0.25, 0.3) is 0 Å². The molecule has 4 N–H and O–H groups in total. The van der Waals surface area contributed by atoms with Gasteiger partial charge in [-0.1, -0.05) is 30.3 Å². The van der Waals surface area contributed by atoms with Crippen molar-refractivity contribution in [3.8, 4) is 0 Å². The Hall–Kier alpha value is -2.94. The first-order chi connectivity index (χ1) is 13.1. The first kappa shape index (κ1) is 17.5. The van der Waals surface area contributed by atoms with Crippen LogP contribution in [0, 0.1) is 0 Å². The Kier molecular flexibility index (Phi) is 4.76. The van der Waals surface area contributed by atoms with Crippen molar-refractivity contribution in [1.82, 2.24) is 30.3 Å². The summed E-state index contributed by atoms with van der Waals surface area (Å²) in [5.41, 5.74) is 6.15. The first-order valence-corrected chi connectivity index (χ1v) is 9.13. The number of nitrogens with two attached hydrogens (primary N) is 1. The number of carbonyl (C=O) groups is 2. The molecule has 27 heavy (non-hydrogen) atoms. The predicted octanol–water partition coefficient (Wildman–Crippen LogP) is 0.107. The smallest absolute Gasteiger partial charge is 0.312 e.